The highest BCUT2D eigenvalue weighted by molar-refractivity contribution is 5.85. The van der Waals surface area contributed by atoms with Crippen LogP contribution in [0.5, 0.6) is 5.75 Å². The molecular weight excluding hydrogens is 595 g/mol. The molecule has 254 valence electrons. The van der Waals surface area contributed by atoms with Gasteiger partial charge in [0.1, 0.15) is 23.4 Å². The summed E-state index contributed by atoms with van der Waals surface area (Å²) in [6, 6.07) is 8.96. The Balaban J connectivity index is 0.000000761. The molecule has 5 rings (SSSR count). The topological polar surface area (TPSA) is 152 Å². The molecule has 0 atom stereocenters. The van der Waals surface area contributed by atoms with E-state index in [2.05, 4.69) is 4.98 Å². The van der Waals surface area contributed by atoms with Crippen molar-refractivity contribution in [3.63, 3.8) is 0 Å². The van der Waals surface area contributed by atoms with Gasteiger partial charge in [0.25, 0.3) is 5.56 Å². The number of primary amides is 1. The van der Waals surface area contributed by atoms with Gasteiger partial charge < -0.3 is 24.7 Å². The predicted octanol–water partition coefficient (Wildman–Crippen LogP) is 5.28. The molecule has 1 aliphatic heterocycles. The number of amides is 1. The number of rotatable bonds is 7. The Bertz CT molecular complexity index is 1640. The van der Waals surface area contributed by atoms with Crippen LogP contribution in [0, 0.1) is 5.82 Å². The number of halogens is 1. The minimum atomic E-state index is -1.60. The van der Waals surface area contributed by atoms with E-state index in [0.717, 1.165) is 30.6 Å². The normalized spacial score (nSPS) is 12.7. The number of carbonyl (C=O) groups is 1. The number of fused-ring (bicyclic) bond motifs is 1. The zero-order chi connectivity index (χ0) is 33.7. The largest absolute Gasteiger partial charge is 0.496 e. The number of hydrogen-bond donors (Lipinski definition) is 2. The Kier molecular flexibility index (Phi) is 16.1. The molecule has 2 aromatic carbocycles. The average Bonchev–Trinajstić information content (AvgIpc) is 3.59. The average molecular weight is 645 g/mol. The molecular formula is C34H49FN4O7. The molecule has 3 N–H and O–H groups in total. The van der Waals surface area contributed by atoms with Crippen LogP contribution in [-0.4, -0.2) is 51.6 Å². The predicted molar refractivity (Wildman–Crippen MR) is 179 cm³/mol. The molecule has 46 heavy (non-hydrogen) atoms. The Labute approximate surface area is 269 Å². The summed E-state index contributed by atoms with van der Waals surface area (Å²) in [5, 5.41) is 9.01. The highest BCUT2D eigenvalue weighted by Gasteiger charge is 2.32. The van der Waals surface area contributed by atoms with Gasteiger partial charge in [0.15, 0.2) is 0 Å². The number of benzene rings is 2. The third kappa shape index (κ3) is 9.37. The number of aryl methyl sites for hydroxylation is 2. The van der Waals surface area contributed by atoms with Crippen LogP contribution < -0.4 is 21.7 Å². The van der Waals surface area contributed by atoms with Crippen LogP contribution in [0.1, 0.15) is 67.4 Å². The van der Waals surface area contributed by atoms with Crippen LogP contribution in [0.3, 0.4) is 0 Å². The molecule has 0 radical (unpaired) electrons. The van der Waals surface area contributed by atoms with E-state index in [9.17, 15) is 18.8 Å². The van der Waals surface area contributed by atoms with Crippen molar-refractivity contribution in [2.45, 2.75) is 86.4 Å². The lowest BCUT2D eigenvalue weighted by atomic mass is 10.0. The quantitative estimate of drug-likeness (QED) is 0.276. The van der Waals surface area contributed by atoms with E-state index in [4.69, 9.17) is 24.7 Å². The van der Waals surface area contributed by atoms with E-state index in [-0.39, 0.29) is 31.9 Å². The summed E-state index contributed by atoms with van der Waals surface area (Å²) in [5.74, 6) is -0.517. The van der Waals surface area contributed by atoms with Crippen LogP contribution in [0.2, 0.25) is 0 Å². The van der Waals surface area contributed by atoms with Crippen LogP contribution >= 0.6 is 0 Å². The van der Waals surface area contributed by atoms with Gasteiger partial charge in [0.2, 0.25) is 11.8 Å². The Hall–Kier alpha value is -4.29. The van der Waals surface area contributed by atoms with Crippen molar-refractivity contribution >= 4 is 16.8 Å². The van der Waals surface area contributed by atoms with E-state index in [1.165, 1.54) is 56.2 Å². The van der Waals surface area contributed by atoms with Crippen LogP contribution in [0.4, 0.5) is 4.39 Å². The smallest absolute Gasteiger partial charge is 0.332 e. The number of nitrogens with zero attached hydrogens (tertiary/aromatic N) is 3. The molecule has 0 bridgehead atoms. The molecule has 3 heterocycles. The number of methoxy groups -OCH3 is 1. The SMILES string of the molecule is C.CC.CC.COc1ccc(F)cc1CCn1c(=O)n(C(C)(C)C(N)=O)c(=O)c2cc(-c3ncco3)ccc21.OC1CCOCC1. The van der Waals surface area contributed by atoms with Gasteiger partial charge in [0.05, 0.1) is 30.3 Å². The van der Waals surface area contributed by atoms with Crippen molar-refractivity contribution in [1.29, 1.82) is 0 Å². The minimum Gasteiger partial charge on any atom is -0.496 e. The summed E-state index contributed by atoms with van der Waals surface area (Å²) in [7, 11) is 1.47. The first-order valence-electron chi connectivity index (χ1n) is 15.1. The second-order valence-corrected chi connectivity index (χ2v) is 10.1. The van der Waals surface area contributed by atoms with Crippen LogP contribution in [0.25, 0.3) is 22.4 Å². The van der Waals surface area contributed by atoms with E-state index in [1.807, 2.05) is 27.7 Å². The lowest BCUT2D eigenvalue weighted by molar-refractivity contribution is -0.125. The molecule has 4 aromatic rings. The molecule has 12 heteroatoms. The fourth-order valence-electron chi connectivity index (χ4n) is 4.55. The fraction of sp³-hybridized carbons (Fsp3) is 0.471. The van der Waals surface area contributed by atoms with Crippen molar-refractivity contribution in [3.8, 4) is 17.2 Å². The lowest BCUT2D eigenvalue weighted by Crippen LogP contribution is -2.54. The number of nitrogens with two attached hydrogens (primary N) is 1. The summed E-state index contributed by atoms with van der Waals surface area (Å²) >= 11 is 0. The molecule has 0 unspecified atom stereocenters. The number of ether oxygens (including phenoxy) is 2. The van der Waals surface area contributed by atoms with E-state index in [1.54, 1.807) is 18.2 Å². The Morgan fingerprint density at radius 3 is 2.28 bits per heavy atom. The Morgan fingerprint density at radius 2 is 1.76 bits per heavy atom. The molecule has 1 saturated heterocycles. The monoisotopic (exact) mass is 644 g/mol. The van der Waals surface area contributed by atoms with Crippen molar-refractivity contribution in [3.05, 3.63) is 81.1 Å². The molecule has 1 aliphatic rings. The maximum atomic E-state index is 13.8. The summed E-state index contributed by atoms with van der Waals surface area (Å²) in [6.07, 6.45) is 4.66. The fourth-order valence-corrected chi connectivity index (χ4v) is 4.55. The van der Waals surface area contributed by atoms with Crippen LogP contribution in [0.15, 0.2) is 62.9 Å². The van der Waals surface area contributed by atoms with Crippen molar-refractivity contribution < 1.29 is 28.2 Å². The first kappa shape index (κ1) is 39.7. The zero-order valence-electron chi connectivity index (χ0n) is 27.1. The number of carbonyl (C=O) groups excluding carboxylic acids is 1. The molecule has 1 amide bonds. The first-order chi connectivity index (χ1) is 21.5. The summed E-state index contributed by atoms with van der Waals surface area (Å²) < 4.78 is 31.7. The maximum absolute atomic E-state index is 13.8. The summed E-state index contributed by atoms with van der Waals surface area (Å²) in [6.45, 7) is 12.4. The van der Waals surface area contributed by atoms with Gasteiger partial charge in [-0.3, -0.25) is 14.2 Å². The molecule has 2 aromatic heterocycles. The standard InChI is InChI=1S/C24H23FN4O5.C5H10O2.2C2H6.CH4/c1-24(2,22(26)31)29-21(30)17-13-15(20-27-9-11-34-20)4-6-18(17)28(23(29)32)10-8-14-12-16(25)5-7-19(14)33-3;6-5-1-3-7-4-2-5;2*1-2;/h4-7,9,11-13H,8,10H2,1-3H3,(H2,26,31);5-6H,1-4H2;2*1-2H3;1H4. The van der Waals surface area contributed by atoms with Gasteiger partial charge in [0, 0.05) is 25.3 Å². The number of oxazole rings is 1. The highest BCUT2D eigenvalue weighted by Crippen LogP contribution is 2.24. The molecule has 11 nitrogen and oxygen atoms in total. The van der Waals surface area contributed by atoms with Gasteiger partial charge in [-0.1, -0.05) is 35.1 Å². The zero-order valence-corrected chi connectivity index (χ0v) is 27.1. The van der Waals surface area contributed by atoms with E-state index < -0.39 is 28.5 Å². The van der Waals surface area contributed by atoms with Crippen LogP contribution in [-0.2, 0) is 28.0 Å². The second-order valence-electron chi connectivity index (χ2n) is 10.1. The third-order valence-corrected chi connectivity index (χ3v) is 7.02. The summed E-state index contributed by atoms with van der Waals surface area (Å²) in [4.78, 5) is 43.2. The van der Waals surface area contributed by atoms with E-state index >= 15 is 0 Å². The first-order valence-corrected chi connectivity index (χ1v) is 15.1. The Morgan fingerprint density at radius 1 is 1.11 bits per heavy atom. The third-order valence-electron chi connectivity index (χ3n) is 7.02. The van der Waals surface area contributed by atoms with Crippen molar-refractivity contribution in [1.82, 2.24) is 14.1 Å². The van der Waals surface area contributed by atoms with Crippen molar-refractivity contribution in [2.24, 2.45) is 5.73 Å². The number of aliphatic hydroxyl groups excluding tert-OH is 1. The van der Waals surface area contributed by atoms with Crippen molar-refractivity contribution in [2.75, 3.05) is 20.3 Å². The minimum absolute atomic E-state index is 0. The number of aromatic nitrogens is 3. The molecule has 0 aliphatic carbocycles. The lowest BCUT2D eigenvalue weighted by Gasteiger charge is -2.25. The maximum Gasteiger partial charge on any atom is 0.332 e. The second kappa shape index (κ2) is 18.6. The van der Waals surface area contributed by atoms with Gasteiger partial charge in [-0.15, -0.1) is 0 Å². The van der Waals surface area contributed by atoms with Gasteiger partial charge >= 0.3 is 5.69 Å². The molecule has 0 spiro atoms. The van der Waals surface area contributed by atoms with Gasteiger partial charge in [-0.2, -0.15) is 0 Å². The molecule has 0 saturated carbocycles. The molecule has 1 fully saturated rings. The highest BCUT2D eigenvalue weighted by atomic mass is 19.1. The number of hydrogen-bond acceptors (Lipinski definition) is 8. The van der Waals surface area contributed by atoms with Gasteiger partial charge in [-0.05, 0) is 75.1 Å². The number of aliphatic hydroxyl groups is 1. The van der Waals surface area contributed by atoms with Gasteiger partial charge in [-0.25, -0.2) is 18.7 Å². The summed E-state index contributed by atoms with van der Waals surface area (Å²) in [5.41, 5.74) is 3.97. The van der Waals surface area contributed by atoms with E-state index in [0.29, 0.717) is 28.3 Å².